The summed E-state index contributed by atoms with van der Waals surface area (Å²) in [5, 5.41) is 21.5. The Labute approximate surface area is 121 Å². The highest BCUT2D eigenvalue weighted by Crippen LogP contribution is 2.15. The van der Waals surface area contributed by atoms with E-state index in [-0.39, 0.29) is 12.5 Å². The number of carbonyl (C=O) groups is 1. The van der Waals surface area contributed by atoms with Crippen LogP contribution in [0.3, 0.4) is 0 Å². The molecule has 0 radical (unpaired) electrons. The molecule has 2 rings (SSSR count). The van der Waals surface area contributed by atoms with E-state index in [4.69, 9.17) is 0 Å². The number of nitrogens with zero attached hydrogens (tertiary/aromatic N) is 4. The van der Waals surface area contributed by atoms with Gasteiger partial charge in [-0.3, -0.25) is 4.79 Å². The minimum atomic E-state index is -1.05. The van der Waals surface area contributed by atoms with E-state index in [1.54, 1.807) is 43.3 Å². The Morgan fingerprint density at radius 1 is 1.55 bits per heavy atom. The molecule has 20 heavy (non-hydrogen) atoms. The van der Waals surface area contributed by atoms with Crippen LogP contribution in [0.25, 0.3) is 0 Å². The number of carbonyl (C=O) groups excluding carboxylic acids is 1. The number of thiophene rings is 1. The Hall–Kier alpha value is -1.73. The molecular weight excluding hydrogens is 276 g/mol. The minimum Gasteiger partial charge on any atom is -0.384 e. The molecule has 7 heteroatoms. The number of amides is 1. The molecule has 108 valence electrons. The van der Waals surface area contributed by atoms with Gasteiger partial charge < -0.3 is 10.0 Å². The summed E-state index contributed by atoms with van der Waals surface area (Å²) in [4.78, 5) is 13.7. The van der Waals surface area contributed by atoms with Gasteiger partial charge in [-0.1, -0.05) is 5.21 Å². The van der Waals surface area contributed by atoms with Crippen molar-refractivity contribution in [3.05, 3.63) is 34.3 Å². The molecule has 1 N–H and O–H groups in total. The zero-order valence-electron chi connectivity index (χ0n) is 11.8. The van der Waals surface area contributed by atoms with E-state index in [0.717, 1.165) is 5.56 Å². The van der Waals surface area contributed by atoms with Crippen molar-refractivity contribution in [2.45, 2.75) is 32.5 Å². The van der Waals surface area contributed by atoms with Crippen LogP contribution in [0.5, 0.6) is 0 Å². The highest BCUT2D eigenvalue weighted by molar-refractivity contribution is 7.07. The highest BCUT2D eigenvalue weighted by atomic mass is 32.1. The largest absolute Gasteiger partial charge is 0.384 e. The lowest BCUT2D eigenvalue weighted by Gasteiger charge is -2.16. The lowest BCUT2D eigenvalue weighted by molar-refractivity contribution is -0.131. The maximum Gasteiger partial charge on any atom is 0.244 e. The van der Waals surface area contributed by atoms with Crippen LogP contribution in [-0.2, 0) is 23.5 Å². The molecule has 0 aliphatic rings. The normalized spacial score (nSPS) is 11.6. The number of rotatable bonds is 5. The van der Waals surface area contributed by atoms with Crippen LogP contribution in [-0.4, -0.2) is 38.0 Å². The van der Waals surface area contributed by atoms with Crippen molar-refractivity contribution in [3.63, 3.8) is 0 Å². The smallest absolute Gasteiger partial charge is 0.244 e. The van der Waals surface area contributed by atoms with Crippen LogP contribution in [0.15, 0.2) is 23.0 Å². The van der Waals surface area contributed by atoms with Crippen LogP contribution in [0, 0.1) is 0 Å². The van der Waals surface area contributed by atoms with E-state index < -0.39 is 5.60 Å². The van der Waals surface area contributed by atoms with Gasteiger partial charge in [-0.2, -0.15) is 11.3 Å². The van der Waals surface area contributed by atoms with Crippen molar-refractivity contribution in [1.82, 2.24) is 19.9 Å². The first kappa shape index (κ1) is 14.7. The quantitative estimate of drug-likeness (QED) is 0.900. The van der Waals surface area contributed by atoms with E-state index in [1.165, 1.54) is 4.68 Å². The van der Waals surface area contributed by atoms with Gasteiger partial charge in [0.2, 0.25) is 5.91 Å². The summed E-state index contributed by atoms with van der Waals surface area (Å²) < 4.78 is 1.44. The predicted octanol–water partition coefficient (Wildman–Crippen LogP) is 1.23. The molecule has 0 fully saturated rings. The molecule has 0 aromatic carbocycles. The summed E-state index contributed by atoms with van der Waals surface area (Å²) in [6.07, 6.45) is 1.59. The fraction of sp³-hybridized carbons (Fsp3) is 0.462. The molecule has 6 nitrogen and oxygen atoms in total. The van der Waals surface area contributed by atoms with Gasteiger partial charge in [0.1, 0.15) is 17.8 Å². The third-order valence-electron chi connectivity index (χ3n) is 2.89. The second-order valence-electron chi connectivity index (χ2n) is 5.24. The Morgan fingerprint density at radius 3 is 2.85 bits per heavy atom. The lowest BCUT2D eigenvalue weighted by atomic mass is 10.1. The number of hydrogen-bond donors (Lipinski definition) is 1. The Kier molecular flexibility index (Phi) is 4.20. The SMILES string of the molecule is CN(Cc1ccsc1)C(=O)Cn1cc(C(C)(C)O)nn1. The number of likely N-dealkylation sites (N-methyl/N-ethyl adjacent to an activating group) is 1. The molecular formula is C13H18N4O2S. The van der Waals surface area contributed by atoms with Crippen LogP contribution < -0.4 is 0 Å². The Morgan fingerprint density at radius 2 is 2.30 bits per heavy atom. The highest BCUT2D eigenvalue weighted by Gasteiger charge is 2.21. The maximum atomic E-state index is 12.1. The van der Waals surface area contributed by atoms with Crippen LogP contribution in [0.4, 0.5) is 0 Å². The minimum absolute atomic E-state index is 0.0524. The van der Waals surface area contributed by atoms with Gasteiger partial charge >= 0.3 is 0 Å². The topological polar surface area (TPSA) is 71.2 Å². The molecule has 0 bridgehead atoms. The molecule has 2 aromatic rings. The van der Waals surface area contributed by atoms with Crippen molar-refractivity contribution < 1.29 is 9.90 Å². The summed E-state index contributed by atoms with van der Waals surface area (Å²) in [6.45, 7) is 3.96. The van der Waals surface area contributed by atoms with Gasteiger partial charge in [-0.05, 0) is 36.2 Å². The second-order valence-corrected chi connectivity index (χ2v) is 6.02. The third-order valence-corrected chi connectivity index (χ3v) is 3.62. The molecule has 1 amide bonds. The monoisotopic (exact) mass is 294 g/mol. The second kappa shape index (κ2) is 5.72. The fourth-order valence-electron chi connectivity index (χ4n) is 1.66. The van der Waals surface area contributed by atoms with Crippen molar-refractivity contribution in [2.24, 2.45) is 0 Å². The van der Waals surface area contributed by atoms with E-state index >= 15 is 0 Å². The molecule has 0 aliphatic carbocycles. The van der Waals surface area contributed by atoms with E-state index in [2.05, 4.69) is 10.3 Å². The summed E-state index contributed by atoms with van der Waals surface area (Å²) in [5.41, 5.74) is 0.511. The van der Waals surface area contributed by atoms with E-state index in [0.29, 0.717) is 12.2 Å². The molecule has 2 aromatic heterocycles. The maximum absolute atomic E-state index is 12.1. The van der Waals surface area contributed by atoms with Crippen molar-refractivity contribution in [1.29, 1.82) is 0 Å². The molecule has 0 spiro atoms. The van der Waals surface area contributed by atoms with Gasteiger partial charge in [0, 0.05) is 13.6 Å². The first-order valence-corrected chi connectivity index (χ1v) is 7.18. The third kappa shape index (κ3) is 3.64. The predicted molar refractivity (Wildman–Crippen MR) is 76.1 cm³/mol. The van der Waals surface area contributed by atoms with Gasteiger partial charge in [0.15, 0.2) is 0 Å². The average Bonchev–Trinajstić information content (AvgIpc) is 2.98. The van der Waals surface area contributed by atoms with Gasteiger partial charge in [-0.15, -0.1) is 5.10 Å². The molecule has 0 saturated heterocycles. The number of hydrogen-bond acceptors (Lipinski definition) is 5. The van der Waals surface area contributed by atoms with Crippen LogP contribution in [0.2, 0.25) is 0 Å². The zero-order chi connectivity index (χ0) is 14.8. The van der Waals surface area contributed by atoms with Gasteiger partial charge in [0.05, 0.1) is 6.20 Å². The molecule has 0 atom stereocenters. The van der Waals surface area contributed by atoms with Crippen molar-refractivity contribution in [2.75, 3.05) is 7.05 Å². The van der Waals surface area contributed by atoms with Crippen LogP contribution in [0.1, 0.15) is 25.1 Å². The van der Waals surface area contributed by atoms with E-state index in [1.807, 2.05) is 16.8 Å². The summed E-state index contributed by atoms with van der Waals surface area (Å²) in [7, 11) is 1.76. The van der Waals surface area contributed by atoms with Gasteiger partial charge in [0.25, 0.3) is 0 Å². The number of aromatic nitrogens is 3. The van der Waals surface area contributed by atoms with Gasteiger partial charge in [-0.25, -0.2) is 4.68 Å². The standard InChI is InChI=1S/C13H18N4O2S/c1-13(2,19)11-7-17(15-14-11)8-12(18)16(3)6-10-4-5-20-9-10/h4-5,7,9,19H,6,8H2,1-3H3. The Bertz CT molecular complexity index is 571. The average molecular weight is 294 g/mol. The first-order valence-electron chi connectivity index (χ1n) is 6.24. The zero-order valence-corrected chi connectivity index (χ0v) is 12.6. The lowest BCUT2D eigenvalue weighted by Crippen LogP contribution is -2.29. The summed E-state index contributed by atoms with van der Waals surface area (Å²) in [6, 6.07) is 2.00. The summed E-state index contributed by atoms with van der Waals surface area (Å²) in [5.74, 6) is -0.0524. The molecule has 0 saturated carbocycles. The van der Waals surface area contributed by atoms with Crippen molar-refractivity contribution >= 4 is 17.2 Å². The van der Waals surface area contributed by atoms with Crippen molar-refractivity contribution in [3.8, 4) is 0 Å². The summed E-state index contributed by atoms with van der Waals surface area (Å²) >= 11 is 1.61. The molecule has 0 unspecified atom stereocenters. The fourth-order valence-corrected chi connectivity index (χ4v) is 2.32. The first-order chi connectivity index (χ1) is 9.36. The van der Waals surface area contributed by atoms with Crippen LogP contribution >= 0.6 is 11.3 Å². The Balaban J connectivity index is 1.95. The number of aliphatic hydroxyl groups is 1. The molecule has 0 aliphatic heterocycles. The molecule has 2 heterocycles. The van der Waals surface area contributed by atoms with E-state index in [9.17, 15) is 9.90 Å².